The number of ether oxygens (including phenoxy) is 1. The van der Waals surface area contributed by atoms with E-state index in [9.17, 15) is 4.79 Å². The average molecular weight is 164 g/mol. The lowest BCUT2D eigenvalue weighted by Gasteiger charge is -2.03. The fourth-order valence-electron chi connectivity index (χ4n) is 1.13. The van der Waals surface area contributed by atoms with Gasteiger partial charge in [-0.2, -0.15) is 0 Å². The van der Waals surface area contributed by atoms with Gasteiger partial charge in [-0.25, -0.2) is 0 Å². The molecule has 0 atom stereocenters. The predicted octanol–water partition coefficient (Wildman–Crippen LogP) is 1.95. The normalized spacial score (nSPS) is 9.83. The van der Waals surface area contributed by atoms with E-state index in [1.165, 1.54) is 0 Å². The number of benzene rings is 1. The molecule has 0 unspecified atom stereocenters. The molecule has 64 valence electrons. The molecule has 12 heavy (non-hydrogen) atoms. The molecule has 0 aromatic heterocycles. The van der Waals surface area contributed by atoms with Crippen molar-refractivity contribution in [1.82, 2.24) is 0 Å². The van der Waals surface area contributed by atoms with Crippen LogP contribution in [0.4, 0.5) is 0 Å². The monoisotopic (exact) mass is 164 g/mol. The number of hydrogen-bond donors (Lipinski definition) is 0. The molecule has 0 heterocycles. The molecule has 0 spiro atoms. The van der Waals surface area contributed by atoms with Gasteiger partial charge in [-0.1, -0.05) is 23.8 Å². The van der Waals surface area contributed by atoms with E-state index in [1.54, 1.807) is 7.11 Å². The van der Waals surface area contributed by atoms with Crippen LogP contribution in [0.1, 0.15) is 21.5 Å². The summed E-state index contributed by atoms with van der Waals surface area (Å²) >= 11 is 0. The minimum Gasteiger partial charge on any atom is -0.380 e. The van der Waals surface area contributed by atoms with Crippen molar-refractivity contribution in [3.8, 4) is 0 Å². The van der Waals surface area contributed by atoms with Crippen LogP contribution in [0.3, 0.4) is 0 Å². The standard InChI is InChI=1S/C10H12O2/c1-8-3-4-9(6-11)10(5-8)7-12-2/h3-6H,7H2,1-2H3. The molecule has 0 radical (unpaired) electrons. The number of carbonyl (C=O) groups is 1. The van der Waals surface area contributed by atoms with Gasteiger partial charge in [0, 0.05) is 12.7 Å². The van der Waals surface area contributed by atoms with E-state index < -0.39 is 0 Å². The van der Waals surface area contributed by atoms with Gasteiger partial charge < -0.3 is 4.74 Å². The van der Waals surface area contributed by atoms with Gasteiger partial charge in [-0.15, -0.1) is 0 Å². The van der Waals surface area contributed by atoms with Crippen molar-refractivity contribution >= 4 is 6.29 Å². The number of hydrogen-bond acceptors (Lipinski definition) is 2. The second kappa shape index (κ2) is 4.02. The van der Waals surface area contributed by atoms with Gasteiger partial charge in [0.25, 0.3) is 0 Å². The van der Waals surface area contributed by atoms with Crippen LogP contribution in [0.15, 0.2) is 18.2 Å². The van der Waals surface area contributed by atoms with Gasteiger partial charge in [0.2, 0.25) is 0 Å². The Bertz CT molecular complexity index is 279. The highest BCUT2D eigenvalue weighted by atomic mass is 16.5. The number of aryl methyl sites for hydroxylation is 1. The highest BCUT2D eigenvalue weighted by molar-refractivity contribution is 5.77. The third-order valence-corrected chi connectivity index (χ3v) is 1.73. The Kier molecular flexibility index (Phi) is 3.00. The molecule has 0 saturated carbocycles. The molecule has 2 heteroatoms. The van der Waals surface area contributed by atoms with Gasteiger partial charge in [0.05, 0.1) is 6.61 Å². The Hall–Kier alpha value is -1.15. The lowest BCUT2D eigenvalue weighted by Crippen LogP contribution is -1.94. The van der Waals surface area contributed by atoms with Crippen molar-refractivity contribution in [2.24, 2.45) is 0 Å². The summed E-state index contributed by atoms with van der Waals surface area (Å²) in [5.41, 5.74) is 2.81. The summed E-state index contributed by atoms with van der Waals surface area (Å²) in [6.45, 7) is 2.49. The van der Waals surface area contributed by atoms with Gasteiger partial charge >= 0.3 is 0 Å². The maximum Gasteiger partial charge on any atom is 0.150 e. The lowest BCUT2D eigenvalue weighted by molar-refractivity contribution is 0.111. The largest absolute Gasteiger partial charge is 0.380 e. The predicted molar refractivity (Wildman–Crippen MR) is 47.3 cm³/mol. The fourth-order valence-corrected chi connectivity index (χ4v) is 1.13. The van der Waals surface area contributed by atoms with Crippen molar-refractivity contribution in [2.75, 3.05) is 7.11 Å². The Balaban J connectivity index is 3.03. The molecule has 1 rings (SSSR count). The summed E-state index contributed by atoms with van der Waals surface area (Å²) in [6.07, 6.45) is 0.855. The smallest absolute Gasteiger partial charge is 0.150 e. The van der Waals surface area contributed by atoms with E-state index in [-0.39, 0.29) is 0 Å². The highest BCUT2D eigenvalue weighted by Gasteiger charge is 2.00. The second-order valence-electron chi connectivity index (χ2n) is 2.75. The third kappa shape index (κ3) is 1.92. The third-order valence-electron chi connectivity index (χ3n) is 1.73. The van der Waals surface area contributed by atoms with Gasteiger partial charge in [-0.05, 0) is 12.5 Å². The first-order valence-electron chi connectivity index (χ1n) is 3.81. The molecule has 0 amide bonds. The quantitative estimate of drug-likeness (QED) is 0.638. The maximum absolute atomic E-state index is 10.6. The Labute approximate surface area is 72.2 Å². The summed E-state index contributed by atoms with van der Waals surface area (Å²) in [4.78, 5) is 10.6. The lowest BCUT2D eigenvalue weighted by atomic mass is 10.1. The van der Waals surface area contributed by atoms with E-state index in [2.05, 4.69) is 0 Å². The minimum atomic E-state index is 0.496. The van der Waals surface area contributed by atoms with Crippen LogP contribution in [0.5, 0.6) is 0 Å². The zero-order valence-corrected chi connectivity index (χ0v) is 7.33. The molecule has 0 bridgehead atoms. The molecular weight excluding hydrogens is 152 g/mol. The first kappa shape index (κ1) is 8.94. The number of methoxy groups -OCH3 is 1. The molecule has 0 aliphatic heterocycles. The van der Waals surface area contributed by atoms with Crippen LogP contribution in [0.2, 0.25) is 0 Å². The van der Waals surface area contributed by atoms with Crippen LogP contribution in [-0.4, -0.2) is 13.4 Å². The van der Waals surface area contributed by atoms with Gasteiger partial charge in [-0.3, -0.25) is 4.79 Å². The van der Waals surface area contributed by atoms with Crippen molar-refractivity contribution in [1.29, 1.82) is 0 Å². The topological polar surface area (TPSA) is 26.3 Å². The fraction of sp³-hybridized carbons (Fsp3) is 0.300. The number of rotatable bonds is 3. The summed E-state index contributed by atoms with van der Waals surface area (Å²) in [5.74, 6) is 0. The summed E-state index contributed by atoms with van der Waals surface area (Å²) in [7, 11) is 1.62. The second-order valence-corrected chi connectivity index (χ2v) is 2.75. The molecule has 0 aliphatic carbocycles. The molecule has 0 fully saturated rings. The minimum absolute atomic E-state index is 0.496. The SMILES string of the molecule is COCc1cc(C)ccc1C=O. The van der Waals surface area contributed by atoms with E-state index in [0.29, 0.717) is 12.2 Å². The molecule has 1 aromatic rings. The number of aldehydes is 1. The molecule has 0 aliphatic rings. The first-order chi connectivity index (χ1) is 5.77. The highest BCUT2D eigenvalue weighted by Crippen LogP contribution is 2.10. The van der Waals surface area contributed by atoms with Gasteiger partial charge in [0.1, 0.15) is 6.29 Å². The van der Waals surface area contributed by atoms with Crippen molar-refractivity contribution in [3.63, 3.8) is 0 Å². The zero-order chi connectivity index (χ0) is 8.97. The first-order valence-corrected chi connectivity index (χ1v) is 3.81. The Morgan fingerprint density at radius 2 is 2.25 bits per heavy atom. The van der Waals surface area contributed by atoms with Crippen LogP contribution in [0.25, 0.3) is 0 Å². The molecule has 1 aromatic carbocycles. The zero-order valence-electron chi connectivity index (χ0n) is 7.33. The molecule has 2 nitrogen and oxygen atoms in total. The average Bonchev–Trinajstić information content (AvgIpc) is 2.05. The van der Waals surface area contributed by atoms with Crippen molar-refractivity contribution in [2.45, 2.75) is 13.5 Å². The van der Waals surface area contributed by atoms with Crippen LogP contribution in [0, 0.1) is 6.92 Å². The Morgan fingerprint density at radius 3 is 2.83 bits per heavy atom. The summed E-state index contributed by atoms with van der Waals surface area (Å²) < 4.78 is 4.97. The van der Waals surface area contributed by atoms with Gasteiger partial charge in [0.15, 0.2) is 0 Å². The van der Waals surface area contributed by atoms with E-state index in [4.69, 9.17) is 4.74 Å². The number of carbonyl (C=O) groups excluding carboxylic acids is 1. The molecular formula is C10H12O2. The van der Waals surface area contributed by atoms with Crippen LogP contribution < -0.4 is 0 Å². The summed E-state index contributed by atoms with van der Waals surface area (Å²) in [6, 6.07) is 5.70. The summed E-state index contributed by atoms with van der Waals surface area (Å²) in [5, 5.41) is 0. The van der Waals surface area contributed by atoms with Crippen LogP contribution >= 0.6 is 0 Å². The van der Waals surface area contributed by atoms with E-state index in [1.807, 2.05) is 25.1 Å². The maximum atomic E-state index is 10.6. The van der Waals surface area contributed by atoms with Crippen LogP contribution in [-0.2, 0) is 11.3 Å². The Morgan fingerprint density at radius 1 is 1.50 bits per heavy atom. The molecule has 0 saturated heterocycles. The van der Waals surface area contributed by atoms with Crippen molar-refractivity contribution < 1.29 is 9.53 Å². The van der Waals surface area contributed by atoms with Crippen molar-refractivity contribution in [3.05, 3.63) is 34.9 Å². The molecule has 0 N–H and O–H groups in total. The van der Waals surface area contributed by atoms with E-state index >= 15 is 0 Å². The van der Waals surface area contributed by atoms with E-state index in [0.717, 1.165) is 17.4 Å².